The molecular weight excluding hydrogens is 587 g/mol. The maximum atomic E-state index is 13.1. The van der Waals surface area contributed by atoms with Crippen molar-refractivity contribution in [1.29, 1.82) is 0 Å². The summed E-state index contributed by atoms with van der Waals surface area (Å²) in [5.41, 5.74) is 3.26. The monoisotopic (exact) mass is 604 g/mol. The summed E-state index contributed by atoms with van der Waals surface area (Å²) in [6, 6.07) is 23.4. The van der Waals surface area contributed by atoms with Crippen molar-refractivity contribution in [2.75, 3.05) is 11.9 Å². The Bertz CT molecular complexity index is 1170. The predicted molar refractivity (Wildman–Crippen MR) is 140 cm³/mol. The molecular formula is C24H18BrIN2O2S. The van der Waals surface area contributed by atoms with Gasteiger partial charge in [-0.3, -0.25) is 9.69 Å². The van der Waals surface area contributed by atoms with Crippen LogP contribution in [0.1, 0.15) is 11.1 Å². The fourth-order valence-electron chi connectivity index (χ4n) is 3.18. The lowest BCUT2D eigenvalue weighted by molar-refractivity contribution is -0.114. The number of carbonyl (C=O) groups is 1. The first kappa shape index (κ1) is 22.0. The summed E-state index contributed by atoms with van der Waals surface area (Å²) in [4.78, 5) is 16.3. The van der Waals surface area contributed by atoms with E-state index in [1.165, 1.54) is 3.57 Å². The Morgan fingerprint density at radius 2 is 1.77 bits per heavy atom. The summed E-state index contributed by atoms with van der Waals surface area (Å²) in [5.74, 6) is 0.599. The van der Waals surface area contributed by atoms with Crippen LogP contribution in [0.25, 0.3) is 6.08 Å². The molecule has 156 valence electrons. The molecule has 4 nitrogen and oxygen atoms in total. The Labute approximate surface area is 208 Å². The molecule has 3 aromatic rings. The van der Waals surface area contributed by atoms with Crippen molar-refractivity contribution in [3.63, 3.8) is 0 Å². The van der Waals surface area contributed by atoms with E-state index in [4.69, 9.17) is 17.0 Å². The first-order valence-corrected chi connectivity index (χ1v) is 11.8. The van der Waals surface area contributed by atoms with Gasteiger partial charge in [0.1, 0.15) is 18.1 Å². The topological polar surface area (TPSA) is 32.8 Å². The number of likely N-dealkylation sites (N-methyl/N-ethyl adjacent to an activating group) is 1. The number of nitrogens with zero attached hydrogens (tertiary/aromatic N) is 2. The Morgan fingerprint density at radius 3 is 2.45 bits per heavy atom. The number of hydrogen-bond acceptors (Lipinski definition) is 3. The lowest BCUT2D eigenvalue weighted by Crippen LogP contribution is -2.30. The summed E-state index contributed by atoms with van der Waals surface area (Å²) in [7, 11) is 1.81. The Kier molecular flexibility index (Phi) is 6.74. The molecule has 0 bridgehead atoms. The van der Waals surface area contributed by atoms with Gasteiger partial charge in [-0.25, -0.2) is 0 Å². The number of hydrogen-bond donors (Lipinski definition) is 0. The van der Waals surface area contributed by atoms with Gasteiger partial charge in [-0.1, -0.05) is 36.4 Å². The molecule has 0 N–H and O–H groups in total. The summed E-state index contributed by atoms with van der Waals surface area (Å²) < 4.78 is 7.96. The molecule has 1 heterocycles. The van der Waals surface area contributed by atoms with Crippen LogP contribution in [0.2, 0.25) is 0 Å². The van der Waals surface area contributed by atoms with Crippen LogP contribution in [-0.4, -0.2) is 23.0 Å². The van der Waals surface area contributed by atoms with Gasteiger partial charge in [0.05, 0.1) is 10.2 Å². The maximum absolute atomic E-state index is 13.1. The summed E-state index contributed by atoms with van der Waals surface area (Å²) in [6.07, 6.45) is 1.84. The number of benzene rings is 3. The molecule has 1 amide bonds. The molecule has 1 aliphatic heterocycles. The van der Waals surface area contributed by atoms with Crippen LogP contribution in [0.15, 0.2) is 83.0 Å². The van der Waals surface area contributed by atoms with E-state index in [1.807, 2.05) is 61.7 Å². The molecule has 0 atom stereocenters. The largest absolute Gasteiger partial charge is 0.488 e. The quantitative estimate of drug-likeness (QED) is 0.196. The average molecular weight is 605 g/mol. The van der Waals surface area contributed by atoms with Crippen molar-refractivity contribution in [1.82, 2.24) is 4.90 Å². The third kappa shape index (κ3) is 4.83. The van der Waals surface area contributed by atoms with Gasteiger partial charge >= 0.3 is 0 Å². The lowest BCUT2D eigenvalue weighted by atomic mass is 10.1. The van der Waals surface area contributed by atoms with Crippen LogP contribution in [-0.2, 0) is 11.4 Å². The number of ether oxygens (including phenoxy) is 1. The number of halogens is 2. The summed E-state index contributed by atoms with van der Waals surface area (Å²) in [5, 5.41) is 0.457. The molecule has 3 aromatic carbocycles. The van der Waals surface area contributed by atoms with Gasteiger partial charge in [0.25, 0.3) is 5.91 Å². The second kappa shape index (κ2) is 9.50. The van der Waals surface area contributed by atoms with E-state index in [9.17, 15) is 4.79 Å². The fraction of sp³-hybridized carbons (Fsp3) is 0.0833. The minimum absolute atomic E-state index is 0.145. The molecule has 1 saturated heterocycles. The average Bonchev–Trinajstić information content (AvgIpc) is 2.98. The molecule has 31 heavy (non-hydrogen) atoms. The van der Waals surface area contributed by atoms with Crippen molar-refractivity contribution >= 4 is 73.5 Å². The second-order valence-electron chi connectivity index (χ2n) is 6.95. The number of amides is 1. The normalized spacial score (nSPS) is 15.1. The van der Waals surface area contributed by atoms with Gasteiger partial charge in [0.2, 0.25) is 0 Å². The van der Waals surface area contributed by atoms with Crippen LogP contribution in [0.4, 0.5) is 5.69 Å². The Morgan fingerprint density at radius 1 is 1.06 bits per heavy atom. The molecule has 4 rings (SSSR count). The molecule has 0 spiro atoms. The van der Waals surface area contributed by atoms with Crippen molar-refractivity contribution in [3.8, 4) is 5.75 Å². The number of rotatable bonds is 5. The minimum Gasteiger partial charge on any atom is -0.488 e. The van der Waals surface area contributed by atoms with Crippen LogP contribution in [0.3, 0.4) is 0 Å². The van der Waals surface area contributed by atoms with E-state index >= 15 is 0 Å². The SMILES string of the molecule is CN1C(=S)N(c2ccccc2)C(=O)/C1=C/c1ccc(OCc2ccc(I)cc2)c(Br)c1. The first-order valence-electron chi connectivity index (χ1n) is 9.50. The Hall–Kier alpha value is -2.23. The maximum Gasteiger partial charge on any atom is 0.281 e. The van der Waals surface area contributed by atoms with E-state index in [0.717, 1.165) is 27.0 Å². The predicted octanol–water partition coefficient (Wildman–Crippen LogP) is 6.24. The van der Waals surface area contributed by atoms with Crippen molar-refractivity contribution in [3.05, 3.63) is 97.7 Å². The summed E-state index contributed by atoms with van der Waals surface area (Å²) in [6.45, 7) is 0.484. The molecule has 0 aliphatic carbocycles. The molecule has 1 fully saturated rings. The Balaban J connectivity index is 1.53. The van der Waals surface area contributed by atoms with E-state index in [0.29, 0.717) is 17.4 Å². The number of anilines is 1. The minimum atomic E-state index is -0.145. The highest BCUT2D eigenvalue weighted by atomic mass is 127. The number of carbonyl (C=O) groups excluding carboxylic acids is 1. The van der Waals surface area contributed by atoms with Crippen LogP contribution >= 0.6 is 50.7 Å². The molecule has 0 unspecified atom stereocenters. The zero-order valence-corrected chi connectivity index (χ0v) is 21.1. The zero-order chi connectivity index (χ0) is 22.0. The lowest BCUT2D eigenvalue weighted by Gasteiger charge is -2.16. The van der Waals surface area contributed by atoms with Crippen molar-refractivity contribution in [2.24, 2.45) is 0 Å². The molecule has 1 aliphatic rings. The highest BCUT2D eigenvalue weighted by Crippen LogP contribution is 2.31. The fourth-order valence-corrected chi connectivity index (χ4v) is 4.34. The van der Waals surface area contributed by atoms with E-state index in [2.05, 4.69) is 62.8 Å². The summed E-state index contributed by atoms with van der Waals surface area (Å²) >= 11 is 11.4. The third-order valence-corrected chi connectivity index (χ3v) is 6.64. The number of para-hydroxylation sites is 1. The van der Waals surface area contributed by atoms with Gasteiger partial charge in [-0.15, -0.1) is 0 Å². The highest BCUT2D eigenvalue weighted by Gasteiger charge is 2.36. The standard InChI is InChI=1S/C24H18BrIN2O2S/c1-27-21(23(29)28(24(27)31)19-5-3-2-4-6-19)14-17-9-12-22(20(25)13-17)30-15-16-7-10-18(26)11-8-16/h2-14H,15H2,1H3/b21-14-. The molecule has 0 saturated carbocycles. The van der Waals surface area contributed by atoms with E-state index in [-0.39, 0.29) is 5.91 Å². The first-order chi connectivity index (χ1) is 14.9. The third-order valence-electron chi connectivity index (χ3n) is 4.84. The molecule has 7 heteroatoms. The smallest absolute Gasteiger partial charge is 0.281 e. The molecule has 0 radical (unpaired) electrons. The number of thiocarbonyl (C=S) groups is 1. The van der Waals surface area contributed by atoms with Crippen molar-refractivity contribution < 1.29 is 9.53 Å². The van der Waals surface area contributed by atoms with Crippen molar-refractivity contribution in [2.45, 2.75) is 6.61 Å². The van der Waals surface area contributed by atoms with Crippen LogP contribution < -0.4 is 9.64 Å². The van der Waals surface area contributed by atoms with Gasteiger partial charge in [-0.05, 0) is 104 Å². The second-order valence-corrected chi connectivity index (χ2v) is 9.42. The van der Waals surface area contributed by atoms with Gasteiger partial charge in [0.15, 0.2) is 5.11 Å². The molecule has 0 aromatic heterocycles. The van der Waals surface area contributed by atoms with Gasteiger partial charge in [-0.2, -0.15) is 0 Å². The van der Waals surface area contributed by atoms with E-state index < -0.39 is 0 Å². The van der Waals surface area contributed by atoms with Gasteiger partial charge in [0, 0.05) is 10.6 Å². The zero-order valence-electron chi connectivity index (χ0n) is 16.6. The van der Waals surface area contributed by atoms with E-state index in [1.54, 1.807) is 9.80 Å². The van der Waals surface area contributed by atoms with Gasteiger partial charge < -0.3 is 9.64 Å². The van der Waals surface area contributed by atoms with Crippen LogP contribution in [0.5, 0.6) is 5.75 Å². The highest BCUT2D eigenvalue weighted by molar-refractivity contribution is 14.1. The van der Waals surface area contributed by atoms with Crippen LogP contribution in [0, 0.1) is 3.57 Å².